The van der Waals surface area contributed by atoms with Crippen molar-refractivity contribution in [3.05, 3.63) is 81.9 Å². The molecule has 1 aromatic heterocycles. The second kappa shape index (κ2) is 10.3. The number of ketones is 1. The lowest BCUT2D eigenvalue weighted by atomic mass is 9.95. The van der Waals surface area contributed by atoms with Gasteiger partial charge in [0.25, 0.3) is 0 Å². The quantitative estimate of drug-likeness (QED) is 0.370. The monoisotopic (exact) mass is 537 g/mol. The van der Waals surface area contributed by atoms with E-state index in [1.807, 2.05) is 30.0 Å². The molecule has 2 unspecified atom stereocenters. The average Bonchev–Trinajstić information content (AvgIpc) is 3.52. The van der Waals surface area contributed by atoms with Crippen molar-refractivity contribution >= 4 is 5.78 Å². The van der Waals surface area contributed by atoms with E-state index < -0.39 is 11.7 Å². The first-order valence-corrected chi connectivity index (χ1v) is 13.5. The third-order valence-corrected chi connectivity index (χ3v) is 8.11. The number of ether oxygens (including phenoxy) is 2. The molecule has 9 heteroatoms. The van der Waals surface area contributed by atoms with Crippen molar-refractivity contribution in [1.29, 1.82) is 0 Å². The maximum Gasteiger partial charge on any atom is 0.416 e. The van der Waals surface area contributed by atoms with Crippen LogP contribution in [0.4, 0.5) is 13.2 Å². The summed E-state index contributed by atoms with van der Waals surface area (Å²) in [5.41, 5.74) is 4.24. The van der Waals surface area contributed by atoms with Crippen molar-refractivity contribution in [1.82, 2.24) is 14.9 Å². The predicted octanol–water partition coefficient (Wildman–Crippen LogP) is 5.97. The Kier molecular flexibility index (Phi) is 6.79. The zero-order valence-corrected chi connectivity index (χ0v) is 21.8. The van der Waals surface area contributed by atoms with Gasteiger partial charge in [0.15, 0.2) is 0 Å². The Bertz CT molecular complexity index is 1410. The first kappa shape index (κ1) is 25.8. The lowest BCUT2D eigenvalue weighted by Gasteiger charge is -2.29. The van der Waals surface area contributed by atoms with Gasteiger partial charge in [-0.15, -0.1) is 0 Å². The van der Waals surface area contributed by atoms with Gasteiger partial charge in [-0.1, -0.05) is 19.1 Å². The van der Waals surface area contributed by atoms with Crippen LogP contribution in [0.3, 0.4) is 0 Å². The highest BCUT2D eigenvalue weighted by Crippen LogP contribution is 2.44. The Morgan fingerprint density at radius 1 is 1.18 bits per heavy atom. The summed E-state index contributed by atoms with van der Waals surface area (Å²) in [6.07, 6.45) is 1.27. The molecule has 0 radical (unpaired) electrons. The third-order valence-electron chi connectivity index (χ3n) is 8.11. The van der Waals surface area contributed by atoms with Crippen molar-refractivity contribution in [2.45, 2.75) is 70.3 Å². The van der Waals surface area contributed by atoms with Crippen LogP contribution >= 0.6 is 0 Å². The molecule has 3 aliphatic rings. The largest absolute Gasteiger partial charge is 0.492 e. The topological polar surface area (TPSA) is 64.6 Å². The molecule has 0 spiro atoms. The highest BCUT2D eigenvalue weighted by Gasteiger charge is 2.38. The summed E-state index contributed by atoms with van der Waals surface area (Å²) >= 11 is 0. The Balaban J connectivity index is 1.24. The summed E-state index contributed by atoms with van der Waals surface area (Å²) in [5.74, 6) is 1.58. The highest BCUT2D eigenvalue weighted by atomic mass is 19.4. The summed E-state index contributed by atoms with van der Waals surface area (Å²) in [7, 11) is 0. The fourth-order valence-electron chi connectivity index (χ4n) is 6.07. The minimum Gasteiger partial charge on any atom is -0.492 e. The van der Waals surface area contributed by atoms with E-state index in [2.05, 4.69) is 9.97 Å². The van der Waals surface area contributed by atoms with E-state index in [0.717, 1.165) is 27.9 Å². The van der Waals surface area contributed by atoms with Gasteiger partial charge in [-0.3, -0.25) is 9.69 Å². The molecule has 0 bridgehead atoms. The van der Waals surface area contributed by atoms with Crippen molar-refractivity contribution in [2.75, 3.05) is 13.2 Å². The van der Waals surface area contributed by atoms with E-state index in [9.17, 15) is 18.0 Å². The summed E-state index contributed by atoms with van der Waals surface area (Å²) in [6.45, 7) is 3.71. The Morgan fingerprint density at radius 3 is 2.85 bits per heavy atom. The van der Waals surface area contributed by atoms with Crippen molar-refractivity contribution in [3.63, 3.8) is 0 Å². The second-order valence-corrected chi connectivity index (χ2v) is 10.6. The van der Waals surface area contributed by atoms with Crippen LogP contribution in [0.25, 0.3) is 0 Å². The molecule has 6 rings (SSSR count). The van der Waals surface area contributed by atoms with Crippen LogP contribution in [-0.4, -0.2) is 33.8 Å². The second-order valence-electron chi connectivity index (χ2n) is 10.6. The Labute approximate surface area is 225 Å². The van der Waals surface area contributed by atoms with Crippen LogP contribution in [0.5, 0.6) is 11.5 Å². The fraction of sp³-hybridized carbons (Fsp3) is 0.433. The maximum atomic E-state index is 14.1. The predicted molar refractivity (Wildman–Crippen MR) is 138 cm³/mol. The normalized spacial score (nSPS) is 20.2. The maximum absolute atomic E-state index is 14.1. The molecule has 1 aliphatic carbocycles. The van der Waals surface area contributed by atoms with E-state index in [0.29, 0.717) is 68.9 Å². The van der Waals surface area contributed by atoms with Crippen molar-refractivity contribution in [2.24, 2.45) is 0 Å². The van der Waals surface area contributed by atoms with Gasteiger partial charge in [0, 0.05) is 73.9 Å². The number of Topliss-reactive ketones (excluding diaryl/α,β-unsaturated/α-hetero) is 1. The molecule has 2 aromatic carbocycles. The molecule has 204 valence electrons. The van der Waals surface area contributed by atoms with Crippen molar-refractivity contribution < 1.29 is 27.4 Å². The number of nitrogens with zero attached hydrogens (tertiary/aromatic N) is 3. The van der Waals surface area contributed by atoms with Gasteiger partial charge in [0.05, 0.1) is 12.2 Å². The first-order valence-electron chi connectivity index (χ1n) is 13.5. The van der Waals surface area contributed by atoms with Crippen molar-refractivity contribution in [3.8, 4) is 11.5 Å². The number of carbonyl (C=O) groups is 1. The molecule has 2 aliphatic heterocycles. The number of hydrogen-bond acceptors (Lipinski definition) is 6. The fourth-order valence-corrected chi connectivity index (χ4v) is 6.07. The summed E-state index contributed by atoms with van der Waals surface area (Å²) in [6, 6.07) is 8.43. The molecule has 3 heterocycles. The van der Waals surface area contributed by atoms with Gasteiger partial charge >= 0.3 is 6.18 Å². The number of hydrogen-bond donors (Lipinski definition) is 0. The molecule has 2 atom stereocenters. The van der Waals surface area contributed by atoms with Crippen LogP contribution in [0, 0.1) is 0 Å². The molecule has 39 heavy (non-hydrogen) atoms. The summed E-state index contributed by atoms with van der Waals surface area (Å²) in [4.78, 5) is 22.4. The molecule has 3 aromatic rings. The number of rotatable bonds is 7. The van der Waals surface area contributed by atoms with Crippen LogP contribution in [-0.2, 0) is 36.9 Å². The zero-order chi connectivity index (χ0) is 27.1. The van der Waals surface area contributed by atoms with E-state index in [1.54, 1.807) is 12.3 Å². The molecule has 6 nitrogen and oxygen atoms in total. The van der Waals surface area contributed by atoms with E-state index in [1.165, 1.54) is 12.4 Å². The van der Waals surface area contributed by atoms with Gasteiger partial charge in [0.2, 0.25) is 0 Å². The van der Waals surface area contributed by atoms with Gasteiger partial charge in [0.1, 0.15) is 29.7 Å². The standard InChI is InChI=1S/C30H30F3N3O3/c1-2-20(37)11-18-16-38-29-12-21(3-4-22(18)29)39-28-8-6-23-24(28)5-7-26(30(31,32)33)25(23)15-36-10-9-27-19(14-36)13-34-17-35-27/h3-5,7,12-13,17-18,28H,2,6,8-11,14-16H2,1H3. The van der Waals surface area contributed by atoms with Crippen LogP contribution < -0.4 is 9.47 Å². The number of halogens is 3. The SMILES string of the molecule is CCC(=O)CC1COc2cc(OC3CCc4c3ccc(C(F)(F)F)c4CN3CCc4ncncc4C3)ccc21. The van der Waals surface area contributed by atoms with Gasteiger partial charge in [-0.25, -0.2) is 9.97 Å². The van der Waals surface area contributed by atoms with Gasteiger partial charge in [-0.2, -0.15) is 13.2 Å². The highest BCUT2D eigenvalue weighted by molar-refractivity contribution is 5.79. The first-order chi connectivity index (χ1) is 18.8. The van der Waals surface area contributed by atoms with Crippen LogP contribution in [0.15, 0.2) is 42.9 Å². The molecule has 0 fully saturated rings. The number of alkyl halides is 3. The molecule has 0 N–H and O–H groups in total. The summed E-state index contributed by atoms with van der Waals surface area (Å²) < 4.78 is 54.5. The molecule has 0 saturated heterocycles. The molecule has 0 saturated carbocycles. The van der Waals surface area contributed by atoms with Crippen LogP contribution in [0.2, 0.25) is 0 Å². The number of carbonyl (C=O) groups excluding carboxylic acids is 1. The minimum atomic E-state index is -4.44. The minimum absolute atomic E-state index is 0.0466. The molecule has 0 amide bonds. The number of aromatic nitrogens is 2. The Hall–Kier alpha value is -3.46. The van der Waals surface area contributed by atoms with Gasteiger partial charge in [-0.05, 0) is 41.7 Å². The summed E-state index contributed by atoms with van der Waals surface area (Å²) in [5, 5.41) is 0. The van der Waals surface area contributed by atoms with Gasteiger partial charge < -0.3 is 9.47 Å². The lowest BCUT2D eigenvalue weighted by molar-refractivity contribution is -0.138. The third kappa shape index (κ3) is 5.12. The van der Waals surface area contributed by atoms with E-state index in [4.69, 9.17) is 9.47 Å². The molecular weight excluding hydrogens is 507 g/mol. The smallest absolute Gasteiger partial charge is 0.416 e. The Morgan fingerprint density at radius 2 is 2.03 bits per heavy atom. The lowest BCUT2D eigenvalue weighted by Crippen LogP contribution is -2.32. The van der Waals surface area contributed by atoms with E-state index in [-0.39, 0.29) is 24.3 Å². The average molecular weight is 538 g/mol. The zero-order valence-electron chi connectivity index (χ0n) is 21.8. The number of benzene rings is 2. The molecular formula is C30H30F3N3O3. The number of fused-ring (bicyclic) bond motifs is 3. The van der Waals surface area contributed by atoms with E-state index >= 15 is 0 Å². The van der Waals surface area contributed by atoms with Crippen LogP contribution in [0.1, 0.15) is 77.3 Å².